The van der Waals surface area contributed by atoms with Crippen molar-refractivity contribution in [2.75, 3.05) is 26.8 Å². The Morgan fingerprint density at radius 1 is 1.03 bits per heavy atom. The summed E-state index contributed by atoms with van der Waals surface area (Å²) in [6.07, 6.45) is 1.73. The number of benzene rings is 2. The van der Waals surface area contributed by atoms with Crippen LogP contribution in [-0.4, -0.2) is 38.9 Å². The summed E-state index contributed by atoms with van der Waals surface area (Å²) in [5.41, 5.74) is 10.2. The number of amides is 1. The fraction of sp³-hybridized carbons (Fsp3) is 0.391. The molecule has 6 heteroatoms. The molecule has 0 radical (unpaired) electrons. The van der Waals surface area contributed by atoms with Gasteiger partial charge in [0.05, 0.1) is 13.0 Å². The van der Waals surface area contributed by atoms with Crippen LogP contribution in [0.4, 0.5) is 4.79 Å². The third kappa shape index (κ3) is 4.95. The lowest BCUT2D eigenvalue weighted by molar-refractivity contribution is -0.145. The first kappa shape index (κ1) is 20.9. The van der Waals surface area contributed by atoms with Gasteiger partial charge in [-0.05, 0) is 41.6 Å². The molecule has 1 aliphatic rings. The largest absolute Gasteiger partial charge is 0.469 e. The van der Waals surface area contributed by atoms with Crippen molar-refractivity contribution in [3.63, 3.8) is 0 Å². The first-order valence-corrected chi connectivity index (χ1v) is 10.0. The number of hydrogen-bond acceptors (Lipinski definition) is 5. The number of esters is 1. The quantitative estimate of drug-likeness (QED) is 0.500. The van der Waals surface area contributed by atoms with Crippen LogP contribution in [0.15, 0.2) is 48.5 Å². The zero-order chi connectivity index (χ0) is 20.6. The number of alkyl carbamates (subject to hydrolysis) is 1. The van der Waals surface area contributed by atoms with Crippen LogP contribution < -0.4 is 11.1 Å². The van der Waals surface area contributed by atoms with E-state index in [4.69, 9.17) is 15.2 Å². The molecular weight excluding hydrogens is 368 g/mol. The molecule has 0 saturated carbocycles. The SMILES string of the molecule is COC(=O)C(CCCCN)CNC(=O)OCC1c2ccccc2-c2ccccc21. The van der Waals surface area contributed by atoms with E-state index in [2.05, 4.69) is 29.6 Å². The maximum atomic E-state index is 12.3. The topological polar surface area (TPSA) is 90.6 Å². The summed E-state index contributed by atoms with van der Waals surface area (Å²) in [7, 11) is 1.35. The fourth-order valence-electron chi connectivity index (χ4n) is 3.86. The zero-order valence-electron chi connectivity index (χ0n) is 16.7. The van der Waals surface area contributed by atoms with E-state index >= 15 is 0 Å². The van der Waals surface area contributed by atoms with Gasteiger partial charge in [-0.1, -0.05) is 55.0 Å². The highest BCUT2D eigenvalue weighted by Gasteiger charge is 2.29. The Bertz CT molecular complexity index is 807. The molecule has 0 spiro atoms. The average molecular weight is 396 g/mol. The molecular formula is C23H28N2O4. The van der Waals surface area contributed by atoms with E-state index in [1.165, 1.54) is 18.2 Å². The smallest absolute Gasteiger partial charge is 0.407 e. The van der Waals surface area contributed by atoms with Crippen molar-refractivity contribution in [3.8, 4) is 11.1 Å². The number of ether oxygens (including phenoxy) is 2. The van der Waals surface area contributed by atoms with E-state index in [0.717, 1.165) is 24.0 Å². The molecule has 1 atom stereocenters. The molecule has 0 aromatic heterocycles. The maximum Gasteiger partial charge on any atom is 0.407 e. The number of nitrogens with one attached hydrogen (secondary N) is 1. The van der Waals surface area contributed by atoms with E-state index in [0.29, 0.717) is 13.0 Å². The molecule has 0 bridgehead atoms. The van der Waals surface area contributed by atoms with Crippen LogP contribution in [0.5, 0.6) is 0 Å². The molecule has 2 aromatic carbocycles. The molecule has 1 amide bonds. The molecule has 0 saturated heterocycles. The summed E-state index contributed by atoms with van der Waals surface area (Å²) < 4.78 is 10.3. The van der Waals surface area contributed by atoms with Gasteiger partial charge in [-0.15, -0.1) is 0 Å². The van der Waals surface area contributed by atoms with E-state index < -0.39 is 12.0 Å². The number of fused-ring (bicyclic) bond motifs is 3. The fourth-order valence-corrected chi connectivity index (χ4v) is 3.86. The Morgan fingerprint density at radius 2 is 1.66 bits per heavy atom. The Balaban J connectivity index is 1.57. The lowest BCUT2D eigenvalue weighted by Crippen LogP contribution is -2.34. The van der Waals surface area contributed by atoms with Crippen LogP contribution in [0, 0.1) is 5.92 Å². The Labute approximate surface area is 171 Å². The second-order valence-corrected chi connectivity index (χ2v) is 7.21. The third-order valence-corrected chi connectivity index (χ3v) is 5.38. The standard InChI is InChI=1S/C23H28N2O4/c1-28-22(26)16(8-6-7-13-24)14-25-23(27)29-15-21-19-11-4-2-9-17(19)18-10-3-5-12-20(18)21/h2-5,9-12,16,21H,6-8,13-15,24H2,1H3,(H,25,27). The first-order valence-electron chi connectivity index (χ1n) is 10.0. The summed E-state index contributed by atoms with van der Waals surface area (Å²) in [5.74, 6) is -0.720. The number of hydrogen-bond donors (Lipinski definition) is 2. The molecule has 3 rings (SSSR count). The summed E-state index contributed by atoms with van der Waals surface area (Å²) in [5, 5.41) is 2.70. The number of unbranched alkanes of at least 4 members (excludes halogenated alkanes) is 1. The number of rotatable bonds is 9. The van der Waals surface area contributed by atoms with Crippen molar-refractivity contribution in [1.82, 2.24) is 5.32 Å². The van der Waals surface area contributed by atoms with E-state index in [1.807, 2.05) is 24.3 Å². The van der Waals surface area contributed by atoms with Crippen LogP contribution >= 0.6 is 0 Å². The second-order valence-electron chi connectivity index (χ2n) is 7.21. The van der Waals surface area contributed by atoms with Crippen molar-refractivity contribution in [3.05, 3.63) is 59.7 Å². The number of carbonyl (C=O) groups excluding carboxylic acids is 2. The van der Waals surface area contributed by atoms with Crippen LogP contribution in [0.1, 0.15) is 36.3 Å². The van der Waals surface area contributed by atoms with E-state index in [-0.39, 0.29) is 25.0 Å². The van der Waals surface area contributed by atoms with Gasteiger partial charge in [0.2, 0.25) is 0 Å². The van der Waals surface area contributed by atoms with Crippen molar-refractivity contribution in [1.29, 1.82) is 0 Å². The molecule has 2 aromatic rings. The zero-order valence-corrected chi connectivity index (χ0v) is 16.7. The van der Waals surface area contributed by atoms with E-state index in [1.54, 1.807) is 0 Å². The average Bonchev–Trinajstić information content (AvgIpc) is 3.08. The molecule has 29 heavy (non-hydrogen) atoms. The minimum Gasteiger partial charge on any atom is -0.469 e. The van der Waals surface area contributed by atoms with Crippen molar-refractivity contribution in [2.45, 2.75) is 25.2 Å². The van der Waals surface area contributed by atoms with E-state index in [9.17, 15) is 9.59 Å². The number of carbonyl (C=O) groups is 2. The Morgan fingerprint density at radius 3 is 2.24 bits per heavy atom. The molecule has 1 unspecified atom stereocenters. The number of nitrogens with two attached hydrogens (primary N) is 1. The molecule has 6 nitrogen and oxygen atoms in total. The van der Waals surface area contributed by atoms with Crippen molar-refractivity contribution in [2.24, 2.45) is 11.7 Å². The molecule has 0 fully saturated rings. The Hall–Kier alpha value is -2.86. The minimum atomic E-state index is -0.528. The van der Waals surface area contributed by atoms with Gasteiger partial charge >= 0.3 is 12.1 Å². The van der Waals surface area contributed by atoms with Gasteiger partial charge in [0.15, 0.2) is 0 Å². The number of methoxy groups -OCH3 is 1. The monoisotopic (exact) mass is 396 g/mol. The predicted molar refractivity (Wildman–Crippen MR) is 111 cm³/mol. The molecule has 0 heterocycles. The van der Waals surface area contributed by atoms with Gasteiger partial charge in [0, 0.05) is 12.5 Å². The highest BCUT2D eigenvalue weighted by atomic mass is 16.5. The highest BCUT2D eigenvalue weighted by Crippen LogP contribution is 2.44. The van der Waals surface area contributed by atoms with Crippen LogP contribution in [0.2, 0.25) is 0 Å². The molecule has 1 aliphatic carbocycles. The molecule has 154 valence electrons. The van der Waals surface area contributed by atoms with Crippen molar-refractivity contribution >= 4 is 12.1 Å². The highest BCUT2D eigenvalue weighted by molar-refractivity contribution is 5.79. The minimum absolute atomic E-state index is 0.00843. The first-order chi connectivity index (χ1) is 14.2. The summed E-state index contributed by atoms with van der Waals surface area (Å²) in [6, 6.07) is 16.4. The lowest BCUT2D eigenvalue weighted by Gasteiger charge is -2.17. The second kappa shape index (κ2) is 10.1. The predicted octanol–water partition coefficient (Wildman–Crippen LogP) is 3.44. The van der Waals surface area contributed by atoms with Gasteiger partial charge in [-0.3, -0.25) is 4.79 Å². The van der Waals surface area contributed by atoms with Gasteiger partial charge in [0.1, 0.15) is 6.61 Å². The molecule has 3 N–H and O–H groups in total. The summed E-state index contributed by atoms with van der Waals surface area (Å²) in [6.45, 7) is 1.01. The van der Waals surface area contributed by atoms with Gasteiger partial charge < -0.3 is 20.5 Å². The maximum absolute atomic E-state index is 12.3. The summed E-state index contributed by atoms with van der Waals surface area (Å²) >= 11 is 0. The van der Waals surface area contributed by atoms with Gasteiger partial charge in [-0.2, -0.15) is 0 Å². The third-order valence-electron chi connectivity index (χ3n) is 5.38. The van der Waals surface area contributed by atoms with Gasteiger partial charge in [-0.25, -0.2) is 4.79 Å². The van der Waals surface area contributed by atoms with Crippen LogP contribution in [-0.2, 0) is 14.3 Å². The van der Waals surface area contributed by atoms with Gasteiger partial charge in [0.25, 0.3) is 0 Å². The van der Waals surface area contributed by atoms with Crippen molar-refractivity contribution < 1.29 is 19.1 Å². The lowest BCUT2D eigenvalue weighted by atomic mass is 9.98. The molecule has 0 aliphatic heterocycles. The normalized spacial score (nSPS) is 13.3. The summed E-state index contributed by atoms with van der Waals surface area (Å²) in [4.78, 5) is 24.2. The van der Waals surface area contributed by atoms with Crippen LogP contribution in [0.3, 0.4) is 0 Å². The Kier molecular flexibility index (Phi) is 7.25. The van der Waals surface area contributed by atoms with Crippen LogP contribution in [0.25, 0.3) is 11.1 Å².